The van der Waals surface area contributed by atoms with Crippen molar-refractivity contribution in [3.05, 3.63) is 30.1 Å². The molecule has 0 bridgehead atoms. The van der Waals surface area contributed by atoms with E-state index in [1.807, 2.05) is 12.1 Å². The van der Waals surface area contributed by atoms with Crippen LogP contribution < -0.4 is 0 Å². The summed E-state index contributed by atoms with van der Waals surface area (Å²) in [5, 5.41) is 9.18. The van der Waals surface area contributed by atoms with Crippen LogP contribution in [0.5, 0.6) is 0 Å². The minimum absolute atomic E-state index is 0.0385. The van der Waals surface area contributed by atoms with E-state index >= 15 is 0 Å². The normalized spacial score (nSPS) is 16.9. The van der Waals surface area contributed by atoms with E-state index in [1.54, 1.807) is 24.3 Å². The van der Waals surface area contributed by atoms with Crippen molar-refractivity contribution in [3.63, 3.8) is 0 Å². The molecule has 16 heavy (non-hydrogen) atoms. The average Bonchev–Trinajstić information content (AvgIpc) is 3.10. The molecule has 0 aromatic carbocycles. The Kier molecular flexibility index (Phi) is 2.92. The van der Waals surface area contributed by atoms with Gasteiger partial charge >= 0.3 is 0 Å². The van der Waals surface area contributed by atoms with Gasteiger partial charge in [-0.25, -0.2) is 0 Å². The number of aliphatic hydroxyl groups excluding tert-OH is 1. The van der Waals surface area contributed by atoms with Gasteiger partial charge in [-0.2, -0.15) is 0 Å². The molecule has 1 amide bonds. The highest BCUT2D eigenvalue weighted by atomic mass is 16.3. The number of carbonyl (C=O) groups is 1. The molecule has 4 heteroatoms. The molecule has 0 spiro atoms. The number of aromatic nitrogens is 1. The van der Waals surface area contributed by atoms with Gasteiger partial charge in [-0.1, -0.05) is 6.07 Å². The summed E-state index contributed by atoms with van der Waals surface area (Å²) in [5.74, 6) is 0.0406. The number of rotatable bonds is 4. The van der Waals surface area contributed by atoms with Crippen LogP contribution in [0.4, 0.5) is 0 Å². The predicted molar refractivity (Wildman–Crippen MR) is 59.5 cm³/mol. The fourth-order valence-electron chi connectivity index (χ4n) is 1.83. The standard InChI is InChI=1S/C12H16N2O2/c1-14(8-10-3-2-6-13-7-10)11(16)12(9-15)4-5-12/h2-3,6-7,15H,4-5,8-9H2,1H3. The number of hydrogen-bond donors (Lipinski definition) is 1. The molecule has 4 nitrogen and oxygen atoms in total. The van der Waals surface area contributed by atoms with Crippen LogP contribution in [0.25, 0.3) is 0 Å². The Bertz CT molecular complexity index is 374. The lowest BCUT2D eigenvalue weighted by atomic mass is 10.1. The summed E-state index contributed by atoms with van der Waals surface area (Å²) in [5.41, 5.74) is 0.531. The summed E-state index contributed by atoms with van der Waals surface area (Å²) in [6, 6.07) is 3.79. The molecule has 1 fully saturated rings. The fourth-order valence-corrected chi connectivity index (χ4v) is 1.83. The van der Waals surface area contributed by atoms with Crippen molar-refractivity contribution in [3.8, 4) is 0 Å². The van der Waals surface area contributed by atoms with Crippen molar-refractivity contribution >= 4 is 5.91 Å². The molecular weight excluding hydrogens is 204 g/mol. The Morgan fingerprint density at radius 2 is 2.38 bits per heavy atom. The molecule has 0 unspecified atom stereocenters. The van der Waals surface area contributed by atoms with E-state index in [-0.39, 0.29) is 12.5 Å². The highest BCUT2D eigenvalue weighted by molar-refractivity contribution is 5.85. The predicted octanol–water partition coefficient (Wildman–Crippen LogP) is 0.812. The summed E-state index contributed by atoms with van der Waals surface area (Å²) in [7, 11) is 1.77. The molecule has 1 saturated carbocycles. The van der Waals surface area contributed by atoms with Crippen LogP contribution in [0.3, 0.4) is 0 Å². The first-order valence-corrected chi connectivity index (χ1v) is 5.43. The van der Waals surface area contributed by atoms with Crippen LogP contribution in [0.2, 0.25) is 0 Å². The topological polar surface area (TPSA) is 53.4 Å². The number of aliphatic hydroxyl groups is 1. The van der Waals surface area contributed by atoms with Crippen LogP contribution >= 0.6 is 0 Å². The van der Waals surface area contributed by atoms with Crippen LogP contribution in [0, 0.1) is 5.41 Å². The maximum absolute atomic E-state index is 12.0. The molecule has 1 heterocycles. The van der Waals surface area contributed by atoms with Gasteiger partial charge < -0.3 is 10.0 Å². The smallest absolute Gasteiger partial charge is 0.231 e. The van der Waals surface area contributed by atoms with Gasteiger partial charge in [0.05, 0.1) is 12.0 Å². The fraction of sp³-hybridized carbons (Fsp3) is 0.500. The molecule has 1 N–H and O–H groups in total. The summed E-state index contributed by atoms with van der Waals surface area (Å²) >= 11 is 0. The third kappa shape index (κ3) is 2.07. The molecule has 0 radical (unpaired) electrons. The van der Waals surface area contributed by atoms with Crippen LogP contribution in [0.1, 0.15) is 18.4 Å². The molecule has 2 rings (SSSR count). The molecular formula is C12H16N2O2. The van der Waals surface area contributed by atoms with Crippen molar-refractivity contribution in [2.75, 3.05) is 13.7 Å². The molecule has 0 saturated heterocycles. The summed E-state index contributed by atoms with van der Waals surface area (Å²) in [6.45, 7) is 0.512. The summed E-state index contributed by atoms with van der Waals surface area (Å²) < 4.78 is 0. The minimum Gasteiger partial charge on any atom is -0.395 e. The van der Waals surface area contributed by atoms with Gasteiger partial charge in [-0.15, -0.1) is 0 Å². The molecule has 0 atom stereocenters. The van der Waals surface area contributed by atoms with E-state index in [0.717, 1.165) is 18.4 Å². The molecule has 1 aliphatic carbocycles. The van der Waals surface area contributed by atoms with E-state index in [0.29, 0.717) is 6.54 Å². The Balaban J connectivity index is 1.99. The lowest BCUT2D eigenvalue weighted by Crippen LogP contribution is -2.35. The lowest BCUT2D eigenvalue weighted by Gasteiger charge is -2.22. The van der Waals surface area contributed by atoms with Crippen molar-refractivity contribution in [1.82, 2.24) is 9.88 Å². The Morgan fingerprint density at radius 3 is 2.88 bits per heavy atom. The van der Waals surface area contributed by atoms with Crippen molar-refractivity contribution in [2.24, 2.45) is 5.41 Å². The van der Waals surface area contributed by atoms with Crippen molar-refractivity contribution in [1.29, 1.82) is 0 Å². The zero-order valence-electron chi connectivity index (χ0n) is 9.39. The molecule has 0 aliphatic heterocycles. The third-order valence-electron chi connectivity index (χ3n) is 3.10. The van der Waals surface area contributed by atoms with Gasteiger partial charge in [0, 0.05) is 26.0 Å². The second-order valence-electron chi connectivity index (χ2n) is 4.46. The third-order valence-corrected chi connectivity index (χ3v) is 3.10. The monoisotopic (exact) mass is 220 g/mol. The maximum Gasteiger partial charge on any atom is 0.231 e. The zero-order chi connectivity index (χ0) is 11.6. The Morgan fingerprint density at radius 1 is 1.62 bits per heavy atom. The SMILES string of the molecule is CN(Cc1cccnc1)C(=O)C1(CO)CC1. The van der Waals surface area contributed by atoms with Gasteiger partial charge in [0.25, 0.3) is 0 Å². The van der Waals surface area contributed by atoms with E-state index < -0.39 is 5.41 Å². The number of amides is 1. The number of nitrogens with zero attached hydrogens (tertiary/aromatic N) is 2. The minimum atomic E-state index is -0.475. The molecule has 86 valence electrons. The van der Waals surface area contributed by atoms with Gasteiger partial charge in [0.1, 0.15) is 0 Å². The quantitative estimate of drug-likeness (QED) is 0.817. The maximum atomic E-state index is 12.0. The molecule has 1 aromatic rings. The van der Waals surface area contributed by atoms with Crippen molar-refractivity contribution in [2.45, 2.75) is 19.4 Å². The highest BCUT2D eigenvalue weighted by Crippen LogP contribution is 2.46. The van der Waals surface area contributed by atoms with Crippen LogP contribution in [-0.2, 0) is 11.3 Å². The highest BCUT2D eigenvalue weighted by Gasteiger charge is 2.50. The molecule has 1 aliphatic rings. The number of pyridine rings is 1. The van der Waals surface area contributed by atoms with Gasteiger partial charge in [-0.3, -0.25) is 9.78 Å². The Labute approximate surface area is 94.9 Å². The summed E-state index contributed by atoms with van der Waals surface area (Å²) in [4.78, 5) is 17.7. The van der Waals surface area contributed by atoms with Gasteiger partial charge in [-0.05, 0) is 24.5 Å². The van der Waals surface area contributed by atoms with E-state index in [1.165, 1.54) is 0 Å². The average molecular weight is 220 g/mol. The second-order valence-corrected chi connectivity index (χ2v) is 4.46. The van der Waals surface area contributed by atoms with E-state index in [2.05, 4.69) is 4.98 Å². The first-order chi connectivity index (χ1) is 7.68. The first kappa shape index (κ1) is 11.1. The van der Waals surface area contributed by atoms with Crippen LogP contribution in [-0.4, -0.2) is 34.6 Å². The summed E-state index contributed by atoms with van der Waals surface area (Å²) in [6.07, 6.45) is 5.07. The number of carbonyl (C=O) groups excluding carboxylic acids is 1. The first-order valence-electron chi connectivity index (χ1n) is 5.43. The zero-order valence-corrected chi connectivity index (χ0v) is 9.39. The van der Waals surface area contributed by atoms with Crippen molar-refractivity contribution < 1.29 is 9.90 Å². The molecule has 1 aromatic heterocycles. The number of hydrogen-bond acceptors (Lipinski definition) is 3. The largest absolute Gasteiger partial charge is 0.395 e. The van der Waals surface area contributed by atoms with E-state index in [9.17, 15) is 9.90 Å². The van der Waals surface area contributed by atoms with Gasteiger partial charge in [0.15, 0.2) is 0 Å². The van der Waals surface area contributed by atoms with Crippen LogP contribution in [0.15, 0.2) is 24.5 Å². The van der Waals surface area contributed by atoms with E-state index in [4.69, 9.17) is 0 Å². The lowest BCUT2D eigenvalue weighted by molar-refractivity contribution is -0.137. The second kappa shape index (κ2) is 4.22. The Hall–Kier alpha value is -1.42. The van der Waals surface area contributed by atoms with Gasteiger partial charge in [0.2, 0.25) is 5.91 Å².